The minimum absolute atomic E-state index is 0.248. The fourth-order valence-electron chi connectivity index (χ4n) is 4.85. The number of nitrogens with two attached hydrogens (primary N) is 2. The number of terminal acetylenes is 1. The predicted octanol–water partition coefficient (Wildman–Crippen LogP) is 11.4. The standard InChI is InChI=1S/C22H34N4.C17H21NO2S.2C2H6.C2H2/c1-7-11-12-20(14-13-19(9-3)15-25-16-23)21(18(6)26-10-4)22(24)17(5)8-2;1-12-8-9-15(19-12)10-21-11-16-13(2)18-20-17(16)14-6-4-3-5-7-14;3*1-2/h9-10,12,15H,7-8,11,16,23-24H2,1-6H3;3-7,12,15H,8-11H2,1-2H3;2*1-2H3;1-2H/b19-9-,20-12-,21-18-,22-17-,25-15-,26-10?;;;;. The molecule has 0 bridgehead atoms. The normalized spacial score (nSPS) is 16.3. The van der Waals surface area contributed by atoms with Crippen LogP contribution in [0.1, 0.15) is 120 Å². The molecule has 0 aliphatic carbocycles. The van der Waals surface area contributed by atoms with Gasteiger partial charge in [0.15, 0.2) is 5.76 Å². The number of nitrogens with zero attached hydrogens (tertiary/aromatic N) is 3. The molecule has 1 fully saturated rings. The van der Waals surface area contributed by atoms with Crippen LogP contribution < -0.4 is 11.5 Å². The third-order valence-electron chi connectivity index (χ3n) is 7.73. The van der Waals surface area contributed by atoms with Gasteiger partial charge in [0.2, 0.25) is 0 Å². The van der Waals surface area contributed by atoms with Crippen molar-refractivity contribution in [3.05, 3.63) is 87.4 Å². The van der Waals surface area contributed by atoms with Crippen LogP contribution in [0.3, 0.4) is 0 Å². The molecule has 2 heterocycles. The summed E-state index contributed by atoms with van der Waals surface area (Å²) in [7, 11) is 0. The molecule has 4 N–H and O–H groups in total. The molecule has 53 heavy (non-hydrogen) atoms. The number of hydrogen-bond acceptors (Lipinski definition) is 8. The van der Waals surface area contributed by atoms with Crippen LogP contribution in [0.2, 0.25) is 0 Å². The van der Waals surface area contributed by atoms with Gasteiger partial charge in [-0.05, 0) is 72.8 Å². The van der Waals surface area contributed by atoms with E-state index in [1.165, 1.54) is 18.4 Å². The predicted molar refractivity (Wildman–Crippen MR) is 235 cm³/mol. The first kappa shape index (κ1) is 51.0. The number of hydrogen-bond donors (Lipinski definition) is 2. The Bertz CT molecular complexity index is 1550. The topological polar surface area (TPSA) is 112 Å². The smallest absolute Gasteiger partial charge is 0.171 e. The number of ether oxygens (including phenoxy) is 1. The first-order valence-corrected chi connectivity index (χ1v) is 20.2. The number of aromatic nitrogens is 1. The van der Waals surface area contributed by atoms with Crippen molar-refractivity contribution >= 4 is 24.2 Å². The third kappa shape index (κ3) is 19.5. The number of benzene rings is 1. The van der Waals surface area contributed by atoms with Crippen molar-refractivity contribution in [3.8, 4) is 36.0 Å². The van der Waals surface area contributed by atoms with E-state index in [9.17, 15) is 0 Å². The van der Waals surface area contributed by atoms with E-state index in [0.717, 1.165) is 81.5 Å². The lowest BCUT2D eigenvalue weighted by Gasteiger charge is -2.13. The molecule has 0 spiro atoms. The molecule has 292 valence electrons. The van der Waals surface area contributed by atoms with Gasteiger partial charge in [0.1, 0.15) is 0 Å². The summed E-state index contributed by atoms with van der Waals surface area (Å²) < 4.78 is 11.4. The third-order valence-corrected chi connectivity index (χ3v) is 8.83. The molecule has 0 saturated carbocycles. The number of aliphatic imine (C=N–C) groups is 2. The summed E-state index contributed by atoms with van der Waals surface area (Å²) in [5, 5.41) is 4.14. The lowest BCUT2D eigenvalue weighted by atomic mass is 9.96. The van der Waals surface area contributed by atoms with Gasteiger partial charge in [-0.3, -0.25) is 9.98 Å². The summed E-state index contributed by atoms with van der Waals surface area (Å²) in [5.74, 6) is 9.33. The first-order valence-electron chi connectivity index (χ1n) is 19.0. The molecule has 3 rings (SSSR count). The van der Waals surface area contributed by atoms with Crippen molar-refractivity contribution in [2.75, 3.05) is 12.4 Å². The summed E-state index contributed by atoms with van der Waals surface area (Å²) in [6.07, 6.45) is 21.6. The number of rotatable bonds is 13. The van der Waals surface area contributed by atoms with Gasteiger partial charge in [-0.15, -0.1) is 12.8 Å². The lowest BCUT2D eigenvalue weighted by Crippen LogP contribution is -2.11. The largest absolute Gasteiger partial charge is 0.398 e. The number of aryl methyl sites for hydroxylation is 1. The molecule has 1 aromatic carbocycles. The summed E-state index contributed by atoms with van der Waals surface area (Å²) in [4.78, 5) is 8.52. The molecule has 1 aromatic heterocycles. The van der Waals surface area contributed by atoms with Gasteiger partial charge < -0.3 is 20.7 Å². The van der Waals surface area contributed by atoms with E-state index >= 15 is 0 Å². The molecule has 2 unspecified atom stereocenters. The Morgan fingerprint density at radius 2 is 1.72 bits per heavy atom. The van der Waals surface area contributed by atoms with Crippen LogP contribution in [0.4, 0.5) is 0 Å². The number of thioether (sulfide) groups is 1. The SMILES string of the molecule is C#C.CC.CC.CC=N/C(C)=C(C(/C#CC(/C=N\CN)=C/C)=C\CCC)\C(N)=C(/C)CC.Cc1noc(-c2ccccc2)c1CSCC1CCC(C)O1. The summed E-state index contributed by atoms with van der Waals surface area (Å²) >= 11 is 1.91. The molecule has 2 atom stereocenters. The fourth-order valence-corrected chi connectivity index (χ4v) is 6.02. The minimum atomic E-state index is 0.248. The molecule has 1 aliphatic heterocycles. The zero-order valence-corrected chi connectivity index (χ0v) is 35.7. The average molecular weight is 744 g/mol. The second kappa shape index (κ2) is 32.6. The average Bonchev–Trinajstić information content (AvgIpc) is 3.80. The van der Waals surface area contributed by atoms with Crippen molar-refractivity contribution in [3.63, 3.8) is 0 Å². The number of allylic oxidation sites excluding steroid dienone is 6. The van der Waals surface area contributed by atoms with Gasteiger partial charge in [0, 0.05) is 63.2 Å². The Morgan fingerprint density at radius 1 is 1.06 bits per heavy atom. The van der Waals surface area contributed by atoms with Crippen molar-refractivity contribution in [2.24, 2.45) is 21.5 Å². The van der Waals surface area contributed by atoms with Crippen molar-refractivity contribution in [1.29, 1.82) is 0 Å². The van der Waals surface area contributed by atoms with Gasteiger partial charge in [-0.1, -0.05) is 107 Å². The maximum atomic E-state index is 6.48. The van der Waals surface area contributed by atoms with Crippen LogP contribution in [0.5, 0.6) is 0 Å². The van der Waals surface area contributed by atoms with E-state index in [-0.39, 0.29) is 6.67 Å². The second-order valence-electron chi connectivity index (χ2n) is 11.4. The lowest BCUT2D eigenvalue weighted by molar-refractivity contribution is 0.0700. The molecule has 1 aliphatic rings. The Hall–Kier alpha value is -4.08. The van der Waals surface area contributed by atoms with Gasteiger partial charge >= 0.3 is 0 Å². The highest BCUT2D eigenvalue weighted by Crippen LogP contribution is 2.31. The Labute approximate surface area is 328 Å². The van der Waals surface area contributed by atoms with Crippen LogP contribution in [0.25, 0.3) is 11.3 Å². The summed E-state index contributed by atoms with van der Waals surface area (Å²) in [5.41, 5.74) is 20.6. The van der Waals surface area contributed by atoms with Crippen LogP contribution >= 0.6 is 11.8 Å². The van der Waals surface area contributed by atoms with E-state index < -0.39 is 0 Å². The van der Waals surface area contributed by atoms with Crippen LogP contribution in [-0.4, -0.2) is 42.2 Å². The van der Waals surface area contributed by atoms with E-state index in [2.05, 4.69) is 85.7 Å². The van der Waals surface area contributed by atoms with Gasteiger partial charge in [0.05, 0.1) is 24.6 Å². The highest BCUT2D eigenvalue weighted by molar-refractivity contribution is 7.98. The van der Waals surface area contributed by atoms with E-state index in [4.69, 9.17) is 20.7 Å². The Morgan fingerprint density at radius 3 is 2.25 bits per heavy atom. The molecular formula is C45H69N5O2S. The second-order valence-corrected chi connectivity index (χ2v) is 12.4. The molecule has 8 heteroatoms. The highest BCUT2D eigenvalue weighted by atomic mass is 32.2. The summed E-state index contributed by atoms with van der Waals surface area (Å²) in [6.45, 7) is 24.5. The Kier molecular flexibility index (Phi) is 31.3. The van der Waals surface area contributed by atoms with Gasteiger partial charge in [-0.2, -0.15) is 11.8 Å². The van der Waals surface area contributed by atoms with Gasteiger partial charge in [0.25, 0.3) is 0 Å². The minimum Gasteiger partial charge on any atom is -0.398 e. The van der Waals surface area contributed by atoms with Crippen molar-refractivity contribution < 1.29 is 9.26 Å². The fraction of sp³-hybridized carbons (Fsp3) is 0.489. The molecule has 2 aromatic rings. The quantitative estimate of drug-likeness (QED) is 0.120. The van der Waals surface area contributed by atoms with Crippen molar-refractivity contribution in [2.45, 2.75) is 133 Å². The van der Waals surface area contributed by atoms with Crippen LogP contribution in [-0.2, 0) is 10.5 Å². The zero-order valence-electron chi connectivity index (χ0n) is 34.9. The monoisotopic (exact) mass is 744 g/mol. The van der Waals surface area contributed by atoms with E-state index in [1.54, 1.807) is 12.4 Å². The maximum absolute atomic E-state index is 6.48. The maximum Gasteiger partial charge on any atom is 0.171 e. The Balaban J connectivity index is 0. The number of unbranched alkanes of at least 4 members (excludes halogenated alkanes) is 1. The molecule has 7 nitrogen and oxygen atoms in total. The van der Waals surface area contributed by atoms with E-state index in [1.807, 2.05) is 91.4 Å². The van der Waals surface area contributed by atoms with E-state index in [0.29, 0.717) is 12.2 Å². The molecule has 0 radical (unpaired) electrons. The molecule has 1 saturated heterocycles. The van der Waals surface area contributed by atoms with Crippen LogP contribution in [0, 0.1) is 31.6 Å². The zero-order chi connectivity index (χ0) is 40.6. The molecular weight excluding hydrogens is 675 g/mol. The molecule has 0 amide bonds. The van der Waals surface area contributed by atoms with Crippen molar-refractivity contribution in [1.82, 2.24) is 5.16 Å². The summed E-state index contributed by atoms with van der Waals surface area (Å²) in [6, 6.07) is 10.2. The van der Waals surface area contributed by atoms with Gasteiger partial charge in [-0.25, -0.2) is 0 Å². The first-order chi connectivity index (χ1) is 25.7. The highest BCUT2D eigenvalue weighted by Gasteiger charge is 2.22. The van der Waals surface area contributed by atoms with Crippen LogP contribution in [0.15, 0.2) is 90.7 Å².